The molecule has 0 aliphatic heterocycles. The highest BCUT2D eigenvalue weighted by atomic mass is 29.9. The molecule has 0 atom stereocenters. The number of carbonyl (C=O) groups excluding carboxylic acids is 2. The Bertz CT molecular complexity index is 569. The molecule has 0 amide bonds. The summed E-state index contributed by atoms with van der Waals surface area (Å²) >= 11 is 0. The molecule has 0 radical (unpaired) electrons. The highest BCUT2D eigenvalue weighted by Crippen LogP contribution is 2.39. The number of esters is 2. The second-order valence-corrected chi connectivity index (χ2v) is 50.7. The van der Waals surface area contributed by atoms with Gasteiger partial charge in [0.05, 0.1) is 20.3 Å². The summed E-state index contributed by atoms with van der Waals surface area (Å²) < 4.78 is 10.2. The van der Waals surface area contributed by atoms with Gasteiger partial charge in [-0.25, -0.2) is 9.59 Å². The second-order valence-electron chi connectivity index (χ2n) is 10.2. The summed E-state index contributed by atoms with van der Waals surface area (Å²) in [7, 11) is -3.44. The van der Waals surface area contributed by atoms with E-state index in [9.17, 15) is 9.59 Å². The first-order valence-electron chi connectivity index (χ1n) is 9.61. The Morgan fingerprint density at radius 1 is 0.852 bits per heavy atom. The summed E-state index contributed by atoms with van der Waals surface area (Å²) in [5.74, 6) is -0.777. The van der Waals surface area contributed by atoms with E-state index in [1.54, 1.807) is 0 Å². The molecule has 0 aromatic carbocycles. The number of carbonyl (C=O) groups is 2. The van der Waals surface area contributed by atoms with Gasteiger partial charge in [0.2, 0.25) is 0 Å². The van der Waals surface area contributed by atoms with Crippen LogP contribution in [0.3, 0.4) is 0 Å². The van der Waals surface area contributed by atoms with E-state index in [0.717, 1.165) is 0 Å². The Hall–Kier alpha value is -0.712. The number of ether oxygens (including phenoxy) is 2. The van der Waals surface area contributed by atoms with Gasteiger partial charge in [0.15, 0.2) is 0 Å². The first-order chi connectivity index (χ1) is 12.0. The maximum Gasteiger partial charge on any atom is 0.333 e. The van der Waals surface area contributed by atoms with E-state index in [1.165, 1.54) is 7.11 Å². The Balaban J connectivity index is 6.77. The van der Waals surface area contributed by atoms with Crippen molar-refractivity contribution in [1.29, 1.82) is 0 Å². The Labute approximate surface area is 169 Å². The topological polar surface area (TPSA) is 52.6 Å². The van der Waals surface area contributed by atoms with Crippen molar-refractivity contribution in [3.05, 3.63) is 23.4 Å². The van der Waals surface area contributed by atoms with Crippen molar-refractivity contribution in [2.45, 2.75) is 72.3 Å². The van der Waals surface area contributed by atoms with Crippen LogP contribution in [0.1, 0.15) is 13.3 Å². The Morgan fingerprint density at radius 3 is 1.56 bits per heavy atom. The lowest BCUT2D eigenvalue weighted by molar-refractivity contribution is -0.138. The minimum atomic E-state index is -1.91. The van der Waals surface area contributed by atoms with Crippen molar-refractivity contribution in [3.63, 3.8) is 0 Å². The summed E-state index contributed by atoms with van der Waals surface area (Å²) in [6, 6.07) is 0. The van der Waals surface area contributed by atoms with Crippen LogP contribution in [0.4, 0.5) is 0 Å². The zero-order chi connectivity index (χ0) is 21.8. The summed E-state index contributed by atoms with van der Waals surface area (Å²) in [6.45, 7) is 26.2. The van der Waals surface area contributed by atoms with Crippen LogP contribution < -0.4 is 0 Å². The number of hydrogen-bond acceptors (Lipinski definition) is 4. The molecule has 0 saturated carbocycles. The van der Waals surface area contributed by atoms with Gasteiger partial charge in [-0.3, -0.25) is 0 Å². The van der Waals surface area contributed by atoms with Crippen molar-refractivity contribution in [3.8, 4) is 0 Å². The molecular weight excluding hydrogens is 405 g/mol. The molecule has 0 bridgehead atoms. The first kappa shape index (κ1) is 26.3. The zero-order valence-corrected chi connectivity index (χ0v) is 23.3. The fourth-order valence-corrected chi connectivity index (χ4v) is 100. The van der Waals surface area contributed by atoms with Crippen molar-refractivity contribution < 1.29 is 19.1 Å². The molecule has 0 aromatic heterocycles. The SMILES string of the molecule is C=C(C/C(=C/[Si]([Si](C)(C)C)([Si](C)(C)C)[Si](C)(C)C)C(=O)OCC)C(=O)OC. The van der Waals surface area contributed by atoms with E-state index in [2.05, 4.69) is 71.2 Å². The van der Waals surface area contributed by atoms with Crippen molar-refractivity contribution in [2.75, 3.05) is 13.7 Å². The van der Waals surface area contributed by atoms with E-state index in [1.807, 2.05) is 6.92 Å². The molecule has 27 heavy (non-hydrogen) atoms. The van der Waals surface area contributed by atoms with Crippen LogP contribution >= 0.6 is 0 Å². The maximum atomic E-state index is 12.8. The summed E-state index contributed by atoms with van der Waals surface area (Å²) in [4.78, 5) is 24.8. The van der Waals surface area contributed by atoms with Crippen LogP contribution in [-0.4, -0.2) is 55.1 Å². The maximum absolute atomic E-state index is 12.8. The summed E-state index contributed by atoms with van der Waals surface area (Å²) in [6.07, 6.45) is 0.208. The lowest BCUT2D eigenvalue weighted by atomic mass is 10.1. The average molecular weight is 445 g/mol. The average Bonchev–Trinajstić information content (AvgIpc) is 2.46. The highest BCUT2D eigenvalue weighted by Gasteiger charge is 2.60. The third kappa shape index (κ3) is 5.88. The molecule has 0 aliphatic carbocycles. The van der Waals surface area contributed by atoms with Crippen LogP contribution in [0.2, 0.25) is 58.9 Å². The van der Waals surface area contributed by atoms with Gasteiger partial charge in [-0.2, -0.15) is 0 Å². The predicted molar refractivity (Wildman–Crippen MR) is 126 cm³/mol. The molecule has 0 N–H and O–H groups in total. The molecule has 0 fully saturated rings. The van der Waals surface area contributed by atoms with E-state index >= 15 is 0 Å². The van der Waals surface area contributed by atoms with Crippen molar-refractivity contribution >= 4 is 41.3 Å². The van der Waals surface area contributed by atoms with Gasteiger partial charge in [-0.1, -0.05) is 71.2 Å². The number of rotatable bonds is 9. The van der Waals surface area contributed by atoms with Gasteiger partial charge < -0.3 is 9.47 Å². The van der Waals surface area contributed by atoms with Gasteiger partial charge in [-0.05, 0) is 6.92 Å². The quantitative estimate of drug-likeness (QED) is 0.290. The molecule has 0 heterocycles. The van der Waals surface area contributed by atoms with Crippen LogP contribution in [0.5, 0.6) is 0 Å². The number of methoxy groups -OCH3 is 1. The van der Waals surface area contributed by atoms with Gasteiger partial charge in [0, 0.05) is 40.3 Å². The fraction of sp³-hybridized carbons (Fsp3) is 0.684. The normalized spacial score (nSPS) is 14.0. The Morgan fingerprint density at radius 2 is 1.26 bits per heavy atom. The number of hydrogen-bond donors (Lipinski definition) is 0. The van der Waals surface area contributed by atoms with Gasteiger partial charge >= 0.3 is 11.9 Å². The first-order valence-corrected chi connectivity index (χ1v) is 25.2. The van der Waals surface area contributed by atoms with E-state index < -0.39 is 35.4 Å². The zero-order valence-electron chi connectivity index (χ0n) is 19.3. The predicted octanol–water partition coefficient (Wildman–Crippen LogP) is 4.83. The summed E-state index contributed by atoms with van der Waals surface area (Å²) in [5.41, 5.74) is 3.29. The smallest absolute Gasteiger partial charge is 0.333 e. The molecule has 8 heteroatoms. The van der Waals surface area contributed by atoms with E-state index in [0.29, 0.717) is 17.8 Å². The van der Waals surface area contributed by atoms with Gasteiger partial charge in [-0.15, -0.1) is 0 Å². The second kappa shape index (κ2) is 9.19. The largest absolute Gasteiger partial charge is 0.466 e. The minimum absolute atomic E-state index is 0.208. The molecule has 156 valence electrons. The van der Waals surface area contributed by atoms with E-state index in [-0.39, 0.29) is 12.4 Å². The van der Waals surface area contributed by atoms with Gasteiger partial charge in [0.1, 0.15) is 0 Å². The molecule has 0 spiro atoms. The van der Waals surface area contributed by atoms with Gasteiger partial charge in [0.25, 0.3) is 0 Å². The third-order valence-electron chi connectivity index (χ3n) is 5.36. The molecular formula is C19H40O4Si4. The van der Waals surface area contributed by atoms with E-state index in [4.69, 9.17) is 9.47 Å². The molecule has 0 aromatic rings. The van der Waals surface area contributed by atoms with Crippen LogP contribution in [0.25, 0.3) is 0 Å². The fourth-order valence-electron chi connectivity index (χ4n) is 5.14. The molecule has 0 unspecified atom stereocenters. The highest BCUT2D eigenvalue weighted by molar-refractivity contribution is 7.90. The summed E-state index contributed by atoms with van der Waals surface area (Å²) in [5, 5.41) is 0. The lowest BCUT2D eigenvalue weighted by Crippen LogP contribution is -2.82. The third-order valence-corrected chi connectivity index (χ3v) is 76.3. The molecule has 0 aliphatic rings. The van der Waals surface area contributed by atoms with Crippen molar-refractivity contribution in [1.82, 2.24) is 0 Å². The van der Waals surface area contributed by atoms with Crippen LogP contribution in [0, 0.1) is 0 Å². The molecule has 0 saturated heterocycles. The lowest BCUT2D eigenvalue weighted by Gasteiger charge is -2.56. The minimum Gasteiger partial charge on any atom is -0.466 e. The molecule has 4 nitrogen and oxygen atoms in total. The standard InChI is InChI=1S/C19H40O4Si4/c1-13-23-19(21)17(14-16(2)18(20)22-3)15-27(24(4,5)6,25(7,8)9)26(10,11)12/h15H,2,13-14H2,1,3-12H3/b17-15-. The van der Waals surface area contributed by atoms with Crippen LogP contribution in [-0.2, 0) is 19.1 Å². The monoisotopic (exact) mass is 444 g/mol. The van der Waals surface area contributed by atoms with Crippen molar-refractivity contribution in [2.24, 2.45) is 0 Å². The Kier molecular flexibility index (Phi) is 8.95. The molecule has 0 rings (SSSR count). The van der Waals surface area contributed by atoms with Crippen LogP contribution in [0.15, 0.2) is 23.4 Å².